The van der Waals surface area contributed by atoms with Gasteiger partial charge in [0.15, 0.2) is 0 Å². The first kappa shape index (κ1) is 10.4. The summed E-state index contributed by atoms with van der Waals surface area (Å²) in [6, 6.07) is 4.16. The molecule has 1 atom stereocenters. The van der Waals surface area contributed by atoms with Crippen molar-refractivity contribution in [3.63, 3.8) is 0 Å². The first-order valence-corrected chi connectivity index (χ1v) is 4.24. The maximum absolute atomic E-state index is 12.3. The Morgan fingerprint density at radius 1 is 1.31 bits per heavy atom. The van der Waals surface area contributed by atoms with Crippen LogP contribution in [0.25, 0.3) is 0 Å². The molecule has 0 heterocycles. The van der Waals surface area contributed by atoms with Gasteiger partial charge in [0.05, 0.1) is 5.02 Å². The van der Waals surface area contributed by atoms with E-state index in [0.29, 0.717) is 5.56 Å². The Labute approximate surface area is 80.5 Å². The average molecular weight is 206 g/mol. The fourth-order valence-corrected chi connectivity index (χ4v) is 1.47. The van der Waals surface area contributed by atoms with Crippen molar-refractivity contribution in [2.45, 2.75) is 19.4 Å². The number of alkyl halides is 2. The van der Waals surface area contributed by atoms with Crippen LogP contribution in [0.4, 0.5) is 8.78 Å². The summed E-state index contributed by atoms with van der Waals surface area (Å²) in [6.45, 7) is 1.70. The third kappa shape index (κ3) is 2.17. The van der Waals surface area contributed by atoms with Gasteiger partial charge >= 0.3 is 0 Å². The third-order valence-corrected chi connectivity index (χ3v) is 2.22. The maximum Gasteiger partial charge on any atom is 0.265 e. The molecule has 0 spiro atoms. The van der Waals surface area contributed by atoms with Gasteiger partial charge in [0, 0.05) is 11.6 Å². The third-order valence-electron chi connectivity index (χ3n) is 1.78. The molecule has 0 aliphatic carbocycles. The van der Waals surface area contributed by atoms with Crippen molar-refractivity contribution in [2.75, 3.05) is 0 Å². The fourth-order valence-electron chi connectivity index (χ4n) is 1.09. The minimum Gasteiger partial charge on any atom is -0.324 e. The van der Waals surface area contributed by atoms with E-state index in [4.69, 9.17) is 17.3 Å². The van der Waals surface area contributed by atoms with Crippen LogP contribution in [0.15, 0.2) is 18.2 Å². The summed E-state index contributed by atoms with van der Waals surface area (Å²) >= 11 is 5.74. The average Bonchev–Trinajstić information content (AvgIpc) is 2.03. The Bertz CT molecular complexity index is 273. The van der Waals surface area contributed by atoms with Crippen molar-refractivity contribution in [3.8, 4) is 0 Å². The molecule has 72 valence electrons. The summed E-state index contributed by atoms with van der Waals surface area (Å²) in [5, 5.41) is 0.0764. The van der Waals surface area contributed by atoms with E-state index in [1.54, 1.807) is 13.0 Å². The molecule has 0 saturated heterocycles. The second-order valence-corrected chi connectivity index (χ2v) is 3.22. The molecule has 0 saturated carbocycles. The van der Waals surface area contributed by atoms with E-state index in [2.05, 4.69) is 0 Å². The number of rotatable bonds is 2. The SMILES string of the molecule is C[C@@H](N)c1cccc(C(F)F)c1Cl. The van der Waals surface area contributed by atoms with Gasteiger partial charge < -0.3 is 5.73 Å². The van der Waals surface area contributed by atoms with E-state index < -0.39 is 6.43 Å². The van der Waals surface area contributed by atoms with Gasteiger partial charge in [0.1, 0.15) is 0 Å². The van der Waals surface area contributed by atoms with E-state index >= 15 is 0 Å². The molecule has 2 N–H and O–H groups in total. The largest absolute Gasteiger partial charge is 0.324 e. The van der Waals surface area contributed by atoms with E-state index in [0.717, 1.165) is 0 Å². The zero-order chi connectivity index (χ0) is 10.0. The van der Waals surface area contributed by atoms with Gasteiger partial charge in [0.2, 0.25) is 0 Å². The van der Waals surface area contributed by atoms with Crippen molar-refractivity contribution in [2.24, 2.45) is 5.73 Å². The molecule has 0 unspecified atom stereocenters. The molecule has 1 aromatic rings. The summed E-state index contributed by atoms with van der Waals surface area (Å²) in [5.41, 5.74) is 5.95. The van der Waals surface area contributed by atoms with Gasteiger partial charge in [0.25, 0.3) is 6.43 Å². The van der Waals surface area contributed by atoms with Crippen molar-refractivity contribution < 1.29 is 8.78 Å². The van der Waals surface area contributed by atoms with E-state index in [1.807, 2.05) is 0 Å². The summed E-state index contributed by atoms with van der Waals surface area (Å²) in [7, 11) is 0. The fraction of sp³-hybridized carbons (Fsp3) is 0.333. The highest BCUT2D eigenvalue weighted by Crippen LogP contribution is 2.31. The number of nitrogens with two attached hydrogens (primary N) is 1. The van der Waals surface area contributed by atoms with Crippen LogP contribution in [0, 0.1) is 0 Å². The normalized spacial score (nSPS) is 13.4. The first-order chi connectivity index (χ1) is 6.04. The lowest BCUT2D eigenvalue weighted by atomic mass is 10.1. The standard InChI is InChI=1S/C9H10ClF2N/c1-5(13)6-3-2-4-7(8(6)10)9(11)12/h2-5,9H,13H2,1H3/t5-/m1/s1. The molecule has 0 aliphatic heterocycles. The molecule has 1 rings (SSSR count). The molecule has 1 aromatic carbocycles. The second-order valence-electron chi connectivity index (χ2n) is 2.84. The van der Waals surface area contributed by atoms with Gasteiger partial charge in [-0.1, -0.05) is 29.8 Å². The van der Waals surface area contributed by atoms with Crippen LogP contribution in [0.3, 0.4) is 0 Å². The predicted molar refractivity (Wildman–Crippen MR) is 49.0 cm³/mol. The van der Waals surface area contributed by atoms with Crippen LogP contribution in [0.5, 0.6) is 0 Å². The van der Waals surface area contributed by atoms with E-state index in [-0.39, 0.29) is 16.6 Å². The molecule has 0 amide bonds. The monoisotopic (exact) mass is 205 g/mol. The lowest BCUT2D eigenvalue weighted by molar-refractivity contribution is 0.151. The molecular weight excluding hydrogens is 196 g/mol. The molecule has 0 aromatic heterocycles. The highest BCUT2D eigenvalue weighted by Gasteiger charge is 2.15. The van der Waals surface area contributed by atoms with Gasteiger partial charge in [-0.2, -0.15) is 0 Å². The molecule has 1 nitrogen and oxygen atoms in total. The Balaban J connectivity index is 3.18. The Morgan fingerprint density at radius 2 is 1.85 bits per heavy atom. The van der Waals surface area contributed by atoms with Crippen LogP contribution in [0.2, 0.25) is 5.02 Å². The molecule has 0 fully saturated rings. The van der Waals surface area contributed by atoms with Crippen LogP contribution in [0.1, 0.15) is 30.5 Å². The number of hydrogen-bond donors (Lipinski definition) is 1. The zero-order valence-electron chi connectivity index (χ0n) is 7.10. The van der Waals surface area contributed by atoms with Crippen LogP contribution < -0.4 is 5.73 Å². The van der Waals surface area contributed by atoms with E-state index in [9.17, 15) is 8.78 Å². The highest BCUT2D eigenvalue weighted by atomic mass is 35.5. The van der Waals surface area contributed by atoms with Crippen molar-refractivity contribution in [1.82, 2.24) is 0 Å². The maximum atomic E-state index is 12.3. The predicted octanol–water partition coefficient (Wildman–Crippen LogP) is 3.30. The number of hydrogen-bond acceptors (Lipinski definition) is 1. The van der Waals surface area contributed by atoms with Crippen LogP contribution in [-0.2, 0) is 0 Å². The summed E-state index contributed by atoms with van der Waals surface area (Å²) in [5.74, 6) is 0. The highest BCUT2D eigenvalue weighted by molar-refractivity contribution is 6.32. The minimum absolute atomic E-state index is 0.0764. The molecule has 0 radical (unpaired) electrons. The second kappa shape index (κ2) is 4.03. The van der Waals surface area contributed by atoms with Crippen LogP contribution in [-0.4, -0.2) is 0 Å². The van der Waals surface area contributed by atoms with Gasteiger partial charge in [-0.3, -0.25) is 0 Å². The Hall–Kier alpha value is -0.670. The Morgan fingerprint density at radius 3 is 2.31 bits per heavy atom. The molecular formula is C9H10ClF2N. The van der Waals surface area contributed by atoms with Crippen molar-refractivity contribution >= 4 is 11.6 Å². The zero-order valence-corrected chi connectivity index (χ0v) is 7.85. The van der Waals surface area contributed by atoms with Crippen LogP contribution >= 0.6 is 11.6 Å². The smallest absolute Gasteiger partial charge is 0.265 e. The van der Waals surface area contributed by atoms with Crippen molar-refractivity contribution in [1.29, 1.82) is 0 Å². The number of benzene rings is 1. The van der Waals surface area contributed by atoms with Crippen molar-refractivity contribution in [3.05, 3.63) is 34.3 Å². The summed E-state index contributed by atoms with van der Waals surface area (Å²) in [6.07, 6.45) is -2.55. The molecule has 0 bridgehead atoms. The lowest BCUT2D eigenvalue weighted by Crippen LogP contribution is -2.06. The van der Waals surface area contributed by atoms with Gasteiger partial charge in [-0.05, 0) is 12.5 Å². The number of halogens is 3. The summed E-state index contributed by atoms with van der Waals surface area (Å²) < 4.78 is 24.7. The summed E-state index contributed by atoms with van der Waals surface area (Å²) in [4.78, 5) is 0. The molecule has 13 heavy (non-hydrogen) atoms. The minimum atomic E-state index is -2.55. The quantitative estimate of drug-likeness (QED) is 0.788. The molecule has 0 aliphatic rings. The van der Waals surface area contributed by atoms with Gasteiger partial charge in [-0.25, -0.2) is 8.78 Å². The topological polar surface area (TPSA) is 26.0 Å². The Kier molecular flexibility index (Phi) is 3.22. The lowest BCUT2D eigenvalue weighted by Gasteiger charge is -2.11. The van der Waals surface area contributed by atoms with Gasteiger partial charge in [-0.15, -0.1) is 0 Å². The molecule has 4 heteroatoms. The first-order valence-electron chi connectivity index (χ1n) is 3.86. The van der Waals surface area contributed by atoms with E-state index in [1.165, 1.54) is 12.1 Å².